The van der Waals surface area contributed by atoms with Gasteiger partial charge in [-0.05, 0) is 0 Å². The number of aliphatic hydroxyl groups is 1. The number of hydrogen-bond acceptors (Lipinski definition) is 5. The maximum absolute atomic E-state index is 8.97. The Bertz CT molecular complexity index is 266. The molecule has 1 aliphatic rings. The fraction of sp³-hybridized carbons (Fsp3) is 0.667. The number of aromatic nitrogens is 1. The van der Waals surface area contributed by atoms with E-state index in [-0.39, 0.29) is 12.7 Å². The van der Waals surface area contributed by atoms with Gasteiger partial charge in [-0.15, -0.1) is 11.3 Å². The van der Waals surface area contributed by atoms with Crippen molar-refractivity contribution in [1.82, 2.24) is 9.88 Å². The lowest BCUT2D eigenvalue weighted by Gasteiger charge is -2.31. The Morgan fingerprint density at radius 2 is 2.64 bits per heavy atom. The van der Waals surface area contributed by atoms with E-state index in [9.17, 15) is 0 Å². The van der Waals surface area contributed by atoms with E-state index in [0.29, 0.717) is 6.61 Å². The molecule has 2 rings (SSSR count). The lowest BCUT2D eigenvalue weighted by Crippen LogP contribution is -2.43. The highest BCUT2D eigenvalue weighted by atomic mass is 32.1. The van der Waals surface area contributed by atoms with Gasteiger partial charge in [-0.1, -0.05) is 0 Å². The van der Waals surface area contributed by atoms with E-state index in [2.05, 4.69) is 9.88 Å². The summed E-state index contributed by atoms with van der Waals surface area (Å²) in [6.07, 6.45) is 1.80. The van der Waals surface area contributed by atoms with Gasteiger partial charge >= 0.3 is 0 Å². The highest BCUT2D eigenvalue weighted by molar-refractivity contribution is 7.09. The molecule has 1 atom stereocenters. The van der Waals surface area contributed by atoms with Crippen LogP contribution in [0.3, 0.4) is 0 Å². The van der Waals surface area contributed by atoms with Crippen molar-refractivity contribution in [2.24, 2.45) is 0 Å². The lowest BCUT2D eigenvalue weighted by molar-refractivity contribution is -0.0551. The smallest absolute Gasteiger partial charge is 0.107 e. The summed E-state index contributed by atoms with van der Waals surface area (Å²) in [5, 5.41) is 12.1. The van der Waals surface area contributed by atoms with Crippen LogP contribution in [0.4, 0.5) is 0 Å². The second-order valence-electron chi connectivity index (χ2n) is 3.34. The van der Waals surface area contributed by atoms with Crippen LogP contribution in [0.5, 0.6) is 0 Å². The van der Waals surface area contributed by atoms with Crippen LogP contribution in [0.2, 0.25) is 0 Å². The molecule has 1 fully saturated rings. The fourth-order valence-electron chi connectivity index (χ4n) is 1.56. The molecule has 1 aliphatic heterocycles. The van der Waals surface area contributed by atoms with Crippen molar-refractivity contribution in [3.63, 3.8) is 0 Å². The van der Waals surface area contributed by atoms with Crippen LogP contribution in [0.25, 0.3) is 0 Å². The molecule has 0 saturated carbocycles. The summed E-state index contributed by atoms with van der Waals surface area (Å²) in [4.78, 5) is 6.50. The number of aliphatic hydroxyl groups excluding tert-OH is 1. The predicted molar refractivity (Wildman–Crippen MR) is 54.2 cm³/mol. The number of nitrogens with zero attached hydrogens (tertiary/aromatic N) is 2. The average molecular weight is 214 g/mol. The van der Waals surface area contributed by atoms with Crippen LogP contribution in [0, 0.1) is 0 Å². The molecule has 0 radical (unpaired) electrons. The molecule has 5 heteroatoms. The van der Waals surface area contributed by atoms with Crippen molar-refractivity contribution in [2.45, 2.75) is 12.6 Å². The molecule has 1 unspecified atom stereocenters. The van der Waals surface area contributed by atoms with Gasteiger partial charge in [-0.3, -0.25) is 4.90 Å². The van der Waals surface area contributed by atoms with Gasteiger partial charge in [-0.25, -0.2) is 4.98 Å². The highest BCUT2D eigenvalue weighted by Crippen LogP contribution is 2.11. The second kappa shape index (κ2) is 4.84. The minimum Gasteiger partial charge on any atom is -0.394 e. The van der Waals surface area contributed by atoms with Crippen LogP contribution < -0.4 is 0 Å². The minimum absolute atomic E-state index is 0.0243. The van der Waals surface area contributed by atoms with Crippen molar-refractivity contribution < 1.29 is 9.84 Å². The van der Waals surface area contributed by atoms with Gasteiger partial charge in [0.2, 0.25) is 0 Å². The Kier molecular flexibility index (Phi) is 3.47. The third-order valence-corrected chi connectivity index (χ3v) is 3.03. The minimum atomic E-state index is -0.0243. The summed E-state index contributed by atoms with van der Waals surface area (Å²) in [7, 11) is 0. The third-order valence-electron chi connectivity index (χ3n) is 2.27. The zero-order chi connectivity index (χ0) is 9.80. The summed E-state index contributed by atoms with van der Waals surface area (Å²) in [6.45, 7) is 3.41. The second-order valence-corrected chi connectivity index (χ2v) is 4.32. The van der Waals surface area contributed by atoms with Gasteiger partial charge in [0.25, 0.3) is 0 Å². The molecule has 1 aromatic heterocycles. The zero-order valence-electron chi connectivity index (χ0n) is 7.93. The van der Waals surface area contributed by atoms with Gasteiger partial charge in [0.1, 0.15) is 5.01 Å². The molecule has 78 valence electrons. The maximum Gasteiger partial charge on any atom is 0.107 e. The molecule has 1 N–H and O–H groups in total. The van der Waals surface area contributed by atoms with Crippen molar-refractivity contribution >= 4 is 11.3 Å². The topological polar surface area (TPSA) is 45.6 Å². The van der Waals surface area contributed by atoms with Crippen molar-refractivity contribution in [3.8, 4) is 0 Å². The standard InChI is InChI=1S/C9H14N2O2S/c12-7-8-5-11(2-3-13-8)6-9-10-1-4-14-9/h1,4,8,12H,2-3,5-7H2. The van der Waals surface area contributed by atoms with Crippen LogP contribution in [-0.2, 0) is 11.3 Å². The predicted octanol–water partition coefficient (Wildman–Crippen LogP) is 0.336. The number of thiazole rings is 1. The maximum atomic E-state index is 8.97. The Labute approximate surface area is 87.1 Å². The van der Waals surface area contributed by atoms with Crippen LogP contribution in [0.1, 0.15) is 5.01 Å². The fourth-order valence-corrected chi connectivity index (χ4v) is 2.21. The molecule has 0 spiro atoms. The molecule has 0 aliphatic carbocycles. The molecule has 0 bridgehead atoms. The highest BCUT2D eigenvalue weighted by Gasteiger charge is 2.19. The van der Waals surface area contributed by atoms with E-state index >= 15 is 0 Å². The van der Waals surface area contributed by atoms with Crippen molar-refractivity contribution in [1.29, 1.82) is 0 Å². The average Bonchev–Trinajstić information content (AvgIpc) is 2.71. The molecule has 2 heterocycles. The Balaban J connectivity index is 1.86. The first-order valence-corrected chi connectivity index (χ1v) is 5.59. The van der Waals surface area contributed by atoms with E-state index in [4.69, 9.17) is 9.84 Å². The number of ether oxygens (including phenoxy) is 1. The van der Waals surface area contributed by atoms with Crippen LogP contribution >= 0.6 is 11.3 Å². The van der Waals surface area contributed by atoms with Gasteiger partial charge in [-0.2, -0.15) is 0 Å². The van der Waals surface area contributed by atoms with E-state index in [0.717, 1.165) is 24.6 Å². The van der Waals surface area contributed by atoms with E-state index < -0.39 is 0 Å². The molecular weight excluding hydrogens is 200 g/mol. The summed E-state index contributed by atoms with van der Waals surface area (Å²) in [5.74, 6) is 0. The molecule has 14 heavy (non-hydrogen) atoms. The largest absolute Gasteiger partial charge is 0.394 e. The summed E-state index contributed by atoms with van der Waals surface area (Å²) in [5.41, 5.74) is 0. The van der Waals surface area contributed by atoms with Crippen molar-refractivity contribution in [3.05, 3.63) is 16.6 Å². The number of hydrogen-bond donors (Lipinski definition) is 1. The summed E-state index contributed by atoms with van der Waals surface area (Å²) in [6, 6.07) is 0. The van der Waals surface area contributed by atoms with Crippen LogP contribution in [-0.4, -0.2) is 47.4 Å². The lowest BCUT2D eigenvalue weighted by atomic mass is 10.3. The van der Waals surface area contributed by atoms with Gasteiger partial charge < -0.3 is 9.84 Å². The third kappa shape index (κ3) is 2.51. The van der Waals surface area contributed by atoms with E-state index in [1.54, 1.807) is 11.3 Å². The van der Waals surface area contributed by atoms with Gasteiger partial charge in [0.15, 0.2) is 0 Å². The van der Waals surface area contributed by atoms with Gasteiger partial charge in [0.05, 0.1) is 25.9 Å². The normalized spacial score (nSPS) is 23.9. The molecular formula is C9H14N2O2S. The molecule has 0 aromatic carbocycles. The quantitative estimate of drug-likeness (QED) is 0.788. The monoisotopic (exact) mass is 214 g/mol. The van der Waals surface area contributed by atoms with E-state index in [1.807, 2.05) is 11.6 Å². The molecule has 1 saturated heterocycles. The molecule has 0 amide bonds. The summed E-state index contributed by atoms with van der Waals surface area (Å²) < 4.78 is 5.37. The Morgan fingerprint density at radius 3 is 3.36 bits per heavy atom. The SMILES string of the molecule is OCC1CN(Cc2nccs2)CCO1. The van der Waals surface area contributed by atoms with Crippen molar-refractivity contribution in [2.75, 3.05) is 26.3 Å². The number of morpholine rings is 1. The van der Waals surface area contributed by atoms with Crippen LogP contribution in [0.15, 0.2) is 11.6 Å². The first-order valence-electron chi connectivity index (χ1n) is 4.71. The number of rotatable bonds is 3. The first-order chi connectivity index (χ1) is 6.88. The summed E-state index contributed by atoms with van der Waals surface area (Å²) >= 11 is 1.67. The molecule has 1 aromatic rings. The Morgan fingerprint density at radius 1 is 1.71 bits per heavy atom. The zero-order valence-corrected chi connectivity index (χ0v) is 8.74. The van der Waals surface area contributed by atoms with Gasteiger partial charge in [0, 0.05) is 24.7 Å². The Hall–Kier alpha value is -0.490. The first kappa shape index (κ1) is 10.0. The van der Waals surface area contributed by atoms with E-state index in [1.165, 1.54) is 0 Å². The molecule has 4 nitrogen and oxygen atoms in total.